The molecule has 0 heterocycles. The number of carbonyl (C=O) groups is 1. The van der Waals surface area contributed by atoms with Gasteiger partial charge in [-0.25, -0.2) is 0 Å². The standard InChI is InChI=1S/C11H20F6OSi2/c1-19(2,7-5-10(12,13)14)9(18)20(3,4)8-6-11(15,16)17/h5-8H2,1-4H3. The lowest BCUT2D eigenvalue weighted by molar-refractivity contribution is -0.131. The second-order valence-electron chi connectivity index (χ2n) is 6.33. The van der Waals surface area contributed by atoms with Crippen LogP contribution < -0.4 is 0 Å². The van der Waals surface area contributed by atoms with Crippen LogP contribution in [0.5, 0.6) is 0 Å². The Bertz CT molecular complexity index is 314. The number of hydrogen-bond donors (Lipinski definition) is 0. The van der Waals surface area contributed by atoms with Crippen molar-refractivity contribution >= 4 is 21.2 Å². The van der Waals surface area contributed by atoms with Gasteiger partial charge in [0.25, 0.3) is 0 Å². The number of alkyl halides is 6. The number of rotatable bonds is 6. The molecule has 0 N–H and O–H groups in total. The highest BCUT2D eigenvalue weighted by atomic mass is 28.4. The van der Waals surface area contributed by atoms with Crippen LogP contribution in [-0.4, -0.2) is 33.5 Å². The maximum Gasteiger partial charge on any atom is 0.388 e. The summed E-state index contributed by atoms with van der Waals surface area (Å²) in [7, 11) is -5.63. The average molecular weight is 338 g/mol. The fourth-order valence-electron chi connectivity index (χ4n) is 2.05. The molecule has 0 atom stereocenters. The summed E-state index contributed by atoms with van der Waals surface area (Å²) in [6, 6.07) is -0.504. The maximum absolute atomic E-state index is 12.3. The maximum atomic E-state index is 12.3. The first-order valence-corrected chi connectivity index (χ1v) is 12.7. The highest BCUT2D eigenvalue weighted by Gasteiger charge is 2.45. The highest BCUT2D eigenvalue weighted by molar-refractivity contribution is 7.31. The topological polar surface area (TPSA) is 17.1 Å². The summed E-state index contributed by atoms with van der Waals surface area (Å²) in [5, 5.41) is -0.293. The van der Waals surface area contributed by atoms with Crippen LogP contribution in [-0.2, 0) is 0 Å². The van der Waals surface area contributed by atoms with Crippen LogP contribution >= 0.6 is 0 Å². The fourth-order valence-corrected chi connectivity index (χ4v) is 12.4. The molecule has 0 aromatic rings. The van der Waals surface area contributed by atoms with Gasteiger partial charge in [-0.1, -0.05) is 26.2 Å². The van der Waals surface area contributed by atoms with Crippen LogP contribution in [0, 0.1) is 0 Å². The molecular formula is C11H20F6OSi2. The lowest BCUT2D eigenvalue weighted by Crippen LogP contribution is -2.52. The molecule has 0 amide bonds. The minimum Gasteiger partial charge on any atom is -0.311 e. The van der Waals surface area contributed by atoms with Gasteiger partial charge in [-0.15, -0.1) is 0 Å². The first-order chi connectivity index (χ1) is 8.57. The zero-order chi connectivity index (χ0) is 16.4. The molecule has 9 heteroatoms. The molecule has 0 saturated heterocycles. The van der Waals surface area contributed by atoms with Crippen molar-refractivity contribution in [3.8, 4) is 0 Å². The van der Waals surface area contributed by atoms with E-state index in [9.17, 15) is 31.1 Å². The van der Waals surface area contributed by atoms with Crippen molar-refractivity contribution in [3.63, 3.8) is 0 Å². The van der Waals surface area contributed by atoms with E-state index < -0.39 is 41.3 Å². The fraction of sp³-hybridized carbons (Fsp3) is 0.909. The molecule has 0 unspecified atom stereocenters. The van der Waals surface area contributed by atoms with Crippen molar-refractivity contribution in [1.82, 2.24) is 0 Å². The lowest BCUT2D eigenvalue weighted by Gasteiger charge is -2.31. The predicted molar refractivity (Wildman–Crippen MR) is 71.3 cm³/mol. The zero-order valence-electron chi connectivity index (χ0n) is 12.0. The smallest absolute Gasteiger partial charge is 0.311 e. The molecule has 0 saturated carbocycles. The van der Waals surface area contributed by atoms with Gasteiger partial charge in [0.15, 0.2) is 0 Å². The van der Waals surface area contributed by atoms with Crippen molar-refractivity contribution in [2.45, 2.75) is 63.5 Å². The normalized spacial score (nSPS) is 14.5. The molecule has 0 aromatic heterocycles. The van der Waals surface area contributed by atoms with Crippen LogP contribution in [0.15, 0.2) is 0 Å². The Kier molecular flexibility index (Phi) is 6.11. The molecule has 0 rings (SSSR count). The van der Waals surface area contributed by atoms with E-state index in [0.29, 0.717) is 0 Å². The summed E-state index contributed by atoms with van der Waals surface area (Å²) in [5.74, 6) is 0. The molecule has 0 aromatic carbocycles. The minimum atomic E-state index is -4.33. The Morgan fingerprint density at radius 1 is 0.750 bits per heavy atom. The number of hydrogen-bond acceptors (Lipinski definition) is 1. The monoisotopic (exact) mass is 338 g/mol. The van der Waals surface area contributed by atoms with Gasteiger partial charge in [-0.3, -0.25) is 0 Å². The summed E-state index contributed by atoms with van der Waals surface area (Å²) in [5.41, 5.74) is 0. The SMILES string of the molecule is C[Si](C)(CCC(F)(F)F)C(=O)[Si](C)(C)CCC(F)(F)F. The molecule has 120 valence electrons. The van der Waals surface area contributed by atoms with Gasteiger partial charge in [-0.05, 0) is 12.1 Å². The molecule has 0 aliphatic carbocycles. The lowest BCUT2D eigenvalue weighted by atomic mass is 10.5. The van der Waals surface area contributed by atoms with Gasteiger partial charge in [0.1, 0.15) is 16.1 Å². The number of carbonyl (C=O) groups excluding carboxylic acids is 1. The molecule has 1 nitrogen and oxygen atoms in total. The van der Waals surface area contributed by atoms with E-state index in [4.69, 9.17) is 0 Å². The van der Waals surface area contributed by atoms with Crippen LogP contribution in [0.1, 0.15) is 12.8 Å². The quantitative estimate of drug-likeness (QED) is 0.456. The minimum absolute atomic E-state index is 0.252. The van der Waals surface area contributed by atoms with Crippen LogP contribution in [0.4, 0.5) is 31.1 Å². The number of halogens is 6. The second-order valence-corrected chi connectivity index (χ2v) is 16.3. The van der Waals surface area contributed by atoms with E-state index in [1.165, 1.54) is 26.2 Å². The largest absolute Gasteiger partial charge is 0.388 e. The second kappa shape index (κ2) is 6.21. The first-order valence-electron chi connectivity index (χ1n) is 6.25. The Balaban J connectivity index is 4.75. The van der Waals surface area contributed by atoms with E-state index in [2.05, 4.69) is 0 Å². The predicted octanol–water partition coefficient (Wildman–Crippen LogP) is 5.59. The van der Waals surface area contributed by atoms with Crippen molar-refractivity contribution < 1.29 is 31.1 Å². The van der Waals surface area contributed by atoms with Gasteiger partial charge < -0.3 is 4.79 Å². The Morgan fingerprint density at radius 2 is 1.00 bits per heavy atom. The van der Waals surface area contributed by atoms with Crippen molar-refractivity contribution in [2.75, 3.05) is 0 Å². The molecule has 0 bridgehead atoms. The molecule has 0 radical (unpaired) electrons. The third-order valence-corrected chi connectivity index (χ3v) is 12.8. The Hall–Kier alpha value is -0.316. The Morgan fingerprint density at radius 3 is 1.20 bits per heavy atom. The summed E-state index contributed by atoms with van der Waals surface area (Å²) in [6.45, 7) is 6.07. The summed E-state index contributed by atoms with van der Waals surface area (Å²) in [6.07, 6.45) is -10.7. The molecule has 0 aliphatic heterocycles. The summed E-state index contributed by atoms with van der Waals surface area (Å²) < 4.78 is 73.3. The molecule has 0 fully saturated rings. The van der Waals surface area contributed by atoms with Crippen molar-refractivity contribution in [3.05, 3.63) is 0 Å². The van der Waals surface area contributed by atoms with Crippen LogP contribution in [0.2, 0.25) is 38.3 Å². The third kappa shape index (κ3) is 7.46. The molecular weight excluding hydrogens is 318 g/mol. The first kappa shape index (κ1) is 19.7. The van der Waals surface area contributed by atoms with E-state index >= 15 is 0 Å². The van der Waals surface area contributed by atoms with Crippen molar-refractivity contribution in [1.29, 1.82) is 0 Å². The summed E-state index contributed by atoms with van der Waals surface area (Å²) in [4.78, 5) is 12.3. The summed E-state index contributed by atoms with van der Waals surface area (Å²) >= 11 is 0. The van der Waals surface area contributed by atoms with Gasteiger partial charge in [0.2, 0.25) is 0 Å². The van der Waals surface area contributed by atoms with Gasteiger partial charge in [-0.2, -0.15) is 26.3 Å². The van der Waals surface area contributed by atoms with Crippen LogP contribution in [0.25, 0.3) is 0 Å². The van der Waals surface area contributed by atoms with Gasteiger partial charge >= 0.3 is 12.4 Å². The van der Waals surface area contributed by atoms with Crippen molar-refractivity contribution in [2.24, 2.45) is 0 Å². The third-order valence-electron chi connectivity index (χ3n) is 3.30. The zero-order valence-corrected chi connectivity index (χ0v) is 14.0. The van der Waals surface area contributed by atoms with E-state index in [-0.39, 0.29) is 17.1 Å². The van der Waals surface area contributed by atoms with E-state index in [0.717, 1.165) is 0 Å². The van der Waals surface area contributed by atoms with E-state index in [1.807, 2.05) is 0 Å². The van der Waals surface area contributed by atoms with Gasteiger partial charge in [0, 0.05) is 12.8 Å². The molecule has 0 aliphatic rings. The molecule has 0 spiro atoms. The van der Waals surface area contributed by atoms with Crippen LogP contribution in [0.3, 0.4) is 0 Å². The highest BCUT2D eigenvalue weighted by Crippen LogP contribution is 2.32. The van der Waals surface area contributed by atoms with Gasteiger partial charge in [0.05, 0.1) is 5.03 Å². The molecule has 20 heavy (non-hydrogen) atoms. The Labute approximate surface area is 116 Å². The van der Waals surface area contributed by atoms with E-state index in [1.54, 1.807) is 0 Å². The average Bonchev–Trinajstić information content (AvgIpc) is 2.21.